The molecule has 2 nitrogen and oxygen atoms in total. The van der Waals surface area contributed by atoms with Crippen LogP contribution in [0.5, 0.6) is 0 Å². The monoisotopic (exact) mass is 224 g/mol. The Balaban J connectivity index is 2.08. The molecule has 0 aliphatic heterocycles. The third-order valence-corrected chi connectivity index (χ3v) is 3.66. The molecule has 16 heavy (non-hydrogen) atoms. The lowest BCUT2D eigenvalue weighted by Crippen LogP contribution is -2.32. The van der Waals surface area contributed by atoms with Gasteiger partial charge in [0.25, 0.3) is 0 Å². The van der Waals surface area contributed by atoms with Crippen LogP contribution in [-0.2, 0) is 0 Å². The van der Waals surface area contributed by atoms with Crippen LogP contribution in [0, 0.1) is 11.8 Å². The number of hydrogen-bond acceptors (Lipinski definition) is 2. The van der Waals surface area contributed by atoms with Gasteiger partial charge < -0.3 is 11.1 Å². The lowest BCUT2D eigenvalue weighted by atomic mass is 9.95. The molecular weight excluding hydrogens is 196 g/mol. The standard InChI is InChI=1S/C14H28N2/c1-12(2)14(10-15)11-16-9-8-13-6-4-3-5-7-13/h6,12,14,16H,3-5,7-11,15H2,1-2H3. The Morgan fingerprint density at radius 3 is 2.75 bits per heavy atom. The highest BCUT2D eigenvalue weighted by Crippen LogP contribution is 2.19. The van der Waals surface area contributed by atoms with Crippen molar-refractivity contribution in [3.05, 3.63) is 11.6 Å². The van der Waals surface area contributed by atoms with Crippen LogP contribution in [0.2, 0.25) is 0 Å². The highest BCUT2D eigenvalue weighted by atomic mass is 14.9. The van der Waals surface area contributed by atoms with Gasteiger partial charge in [-0.2, -0.15) is 0 Å². The van der Waals surface area contributed by atoms with E-state index in [0.29, 0.717) is 11.8 Å². The van der Waals surface area contributed by atoms with Gasteiger partial charge in [-0.1, -0.05) is 25.5 Å². The van der Waals surface area contributed by atoms with E-state index in [1.54, 1.807) is 5.57 Å². The maximum atomic E-state index is 5.75. The third-order valence-electron chi connectivity index (χ3n) is 3.66. The molecule has 0 heterocycles. The van der Waals surface area contributed by atoms with E-state index in [2.05, 4.69) is 25.2 Å². The summed E-state index contributed by atoms with van der Waals surface area (Å²) in [5.41, 5.74) is 7.41. The lowest BCUT2D eigenvalue weighted by Gasteiger charge is -2.20. The topological polar surface area (TPSA) is 38.0 Å². The SMILES string of the molecule is CC(C)C(CN)CNCCC1=CCCCC1. The predicted octanol–water partition coefficient (Wildman–Crippen LogP) is 2.70. The van der Waals surface area contributed by atoms with E-state index in [0.717, 1.165) is 19.6 Å². The molecule has 0 spiro atoms. The van der Waals surface area contributed by atoms with Crippen LogP contribution in [0.4, 0.5) is 0 Å². The largest absolute Gasteiger partial charge is 0.330 e. The van der Waals surface area contributed by atoms with Crippen molar-refractivity contribution >= 4 is 0 Å². The van der Waals surface area contributed by atoms with Gasteiger partial charge in [-0.05, 0) is 63.6 Å². The van der Waals surface area contributed by atoms with E-state index in [-0.39, 0.29) is 0 Å². The molecule has 2 heteroatoms. The van der Waals surface area contributed by atoms with Gasteiger partial charge in [-0.25, -0.2) is 0 Å². The molecule has 1 unspecified atom stereocenters. The first-order valence-corrected chi connectivity index (χ1v) is 6.82. The molecule has 0 fully saturated rings. The van der Waals surface area contributed by atoms with Crippen molar-refractivity contribution in [2.45, 2.75) is 46.0 Å². The second-order valence-electron chi connectivity index (χ2n) is 5.30. The fourth-order valence-corrected chi connectivity index (χ4v) is 2.26. The molecule has 0 saturated heterocycles. The first kappa shape index (κ1) is 13.7. The van der Waals surface area contributed by atoms with Crippen molar-refractivity contribution < 1.29 is 0 Å². The first-order valence-electron chi connectivity index (χ1n) is 6.82. The van der Waals surface area contributed by atoms with Crippen molar-refractivity contribution in [3.63, 3.8) is 0 Å². The molecule has 1 atom stereocenters. The fourth-order valence-electron chi connectivity index (χ4n) is 2.26. The summed E-state index contributed by atoms with van der Waals surface area (Å²) in [5, 5.41) is 3.54. The summed E-state index contributed by atoms with van der Waals surface area (Å²) in [6.07, 6.45) is 9.07. The van der Waals surface area contributed by atoms with E-state index in [1.165, 1.54) is 32.1 Å². The summed E-state index contributed by atoms with van der Waals surface area (Å²) in [5.74, 6) is 1.31. The van der Waals surface area contributed by atoms with Crippen LogP contribution in [0.1, 0.15) is 46.0 Å². The van der Waals surface area contributed by atoms with Crippen LogP contribution >= 0.6 is 0 Å². The van der Waals surface area contributed by atoms with Crippen molar-refractivity contribution in [2.75, 3.05) is 19.6 Å². The summed E-state index contributed by atoms with van der Waals surface area (Å²) < 4.78 is 0. The molecule has 1 aliphatic rings. The smallest absolute Gasteiger partial charge is 0.000588 e. The molecule has 0 aromatic heterocycles. The number of nitrogens with two attached hydrogens (primary N) is 1. The van der Waals surface area contributed by atoms with E-state index < -0.39 is 0 Å². The normalized spacial score (nSPS) is 18.6. The van der Waals surface area contributed by atoms with Gasteiger partial charge in [0.2, 0.25) is 0 Å². The number of rotatable bonds is 7. The second-order valence-corrected chi connectivity index (χ2v) is 5.30. The zero-order valence-corrected chi connectivity index (χ0v) is 11.0. The maximum absolute atomic E-state index is 5.75. The number of allylic oxidation sites excluding steroid dienone is 1. The van der Waals surface area contributed by atoms with Crippen LogP contribution in [0.15, 0.2) is 11.6 Å². The van der Waals surface area contributed by atoms with Crippen molar-refractivity contribution in [2.24, 2.45) is 17.6 Å². The maximum Gasteiger partial charge on any atom is -0.000588 e. The number of hydrogen-bond donors (Lipinski definition) is 2. The first-order chi connectivity index (χ1) is 7.74. The Morgan fingerprint density at radius 1 is 1.38 bits per heavy atom. The molecule has 3 N–H and O–H groups in total. The van der Waals surface area contributed by atoms with Gasteiger partial charge in [-0.15, -0.1) is 0 Å². The lowest BCUT2D eigenvalue weighted by molar-refractivity contribution is 0.372. The Labute approximate surface area is 101 Å². The number of nitrogens with one attached hydrogen (secondary N) is 1. The van der Waals surface area contributed by atoms with Gasteiger partial charge in [0, 0.05) is 0 Å². The fraction of sp³-hybridized carbons (Fsp3) is 0.857. The van der Waals surface area contributed by atoms with Crippen LogP contribution < -0.4 is 11.1 Å². The zero-order chi connectivity index (χ0) is 11.8. The minimum Gasteiger partial charge on any atom is -0.330 e. The van der Waals surface area contributed by atoms with Crippen LogP contribution in [0.3, 0.4) is 0 Å². The van der Waals surface area contributed by atoms with Gasteiger partial charge in [0.05, 0.1) is 0 Å². The Bertz CT molecular complexity index is 209. The van der Waals surface area contributed by atoms with E-state index >= 15 is 0 Å². The minimum absolute atomic E-state index is 0.625. The van der Waals surface area contributed by atoms with Crippen molar-refractivity contribution in [3.8, 4) is 0 Å². The molecule has 0 bridgehead atoms. The van der Waals surface area contributed by atoms with Crippen LogP contribution in [0.25, 0.3) is 0 Å². The zero-order valence-electron chi connectivity index (χ0n) is 11.0. The summed E-state index contributed by atoms with van der Waals surface area (Å²) in [6, 6.07) is 0. The molecule has 94 valence electrons. The van der Waals surface area contributed by atoms with Crippen LogP contribution in [-0.4, -0.2) is 19.6 Å². The van der Waals surface area contributed by atoms with Gasteiger partial charge in [0.15, 0.2) is 0 Å². The van der Waals surface area contributed by atoms with Gasteiger partial charge >= 0.3 is 0 Å². The van der Waals surface area contributed by atoms with E-state index in [4.69, 9.17) is 5.73 Å². The second kappa shape index (κ2) is 7.86. The van der Waals surface area contributed by atoms with Gasteiger partial charge in [0.1, 0.15) is 0 Å². The molecule has 0 saturated carbocycles. The third kappa shape index (κ3) is 5.13. The Kier molecular flexibility index (Phi) is 6.74. The summed E-state index contributed by atoms with van der Waals surface area (Å²) in [6.45, 7) is 7.50. The highest BCUT2D eigenvalue weighted by Gasteiger charge is 2.10. The van der Waals surface area contributed by atoms with E-state index in [1.807, 2.05) is 0 Å². The molecule has 0 amide bonds. The highest BCUT2D eigenvalue weighted by molar-refractivity contribution is 5.05. The minimum atomic E-state index is 0.625. The summed E-state index contributed by atoms with van der Waals surface area (Å²) in [4.78, 5) is 0. The Hall–Kier alpha value is -0.340. The molecular formula is C14H28N2. The molecule has 0 radical (unpaired) electrons. The van der Waals surface area contributed by atoms with Crippen molar-refractivity contribution in [1.82, 2.24) is 5.32 Å². The molecule has 1 aliphatic carbocycles. The average Bonchev–Trinajstić information content (AvgIpc) is 2.30. The van der Waals surface area contributed by atoms with E-state index in [9.17, 15) is 0 Å². The molecule has 0 aromatic carbocycles. The summed E-state index contributed by atoms with van der Waals surface area (Å²) >= 11 is 0. The molecule has 1 rings (SSSR count). The predicted molar refractivity (Wildman–Crippen MR) is 71.4 cm³/mol. The van der Waals surface area contributed by atoms with Gasteiger partial charge in [-0.3, -0.25) is 0 Å². The summed E-state index contributed by atoms with van der Waals surface area (Å²) in [7, 11) is 0. The quantitative estimate of drug-likeness (QED) is 0.515. The molecule has 0 aromatic rings. The average molecular weight is 224 g/mol. The Morgan fingerprint density at radius 2 is 2.19 bits per heavy atom. The van der Waals surface area contributed by atoms with Crippen molar-refractivity contribution in [1.29, 1.82) is 0 Å².